The molecule has 0 aliphatic carbocycles. The molecule has 0 amide bonds. The third-order valence-corrected chi connectivity index (χ3v) is 6.99. The number of rotatable bonds is 5. The Hall–Kier alpha value is -2.01. The van der Waals surface area contributed by atoms with E-state index in [-0.39, 0.29) is 24.6 Å². The van der Waals surface area contributed by atoms with Crippen molar-refractivity contribution in [2.75, 3.05) is 6.61 Å². The van der Waals surface area contributed by atoms with Crippen LogP contribution in [0.1, 0.15) is 47.4 Å². The van der Waals surface area contributed by atoms with Crippen LogP contribution >= 0.6 is 11.3 Å². The molecule has 4 heteroatoms. The molecule has 1 aromatic heterocycles. The molecular formula is C25H27FO2S. The van der Waals surface area contributed by atoms with Gasteiger partial charge in [-0.2, -0.15) is 0 Å². The van der Waals surface area contributed by atoms with Gasteiger partial charge < -0.3 is 9.84 Å². The zero-order valence-electron chi connectivity index (χ0n) is 16.9. The second-order valence-corrected chi connectivity index (χ2v) is 9.22. The second kappa shape index (κ2) is 8.78. The van der Waals surface area contributed by atoms with Gasteiger partial charge in [0.1, 0.15) is 5.82 Å². The summed E-state index contributed by atoms with van der Waals surface area (Å²) < 4.78 is 19.4. The van der Waals surface area contributed by atoms with Crippen LogP contribution in [0.15, 0.2) is 54.6 Å². The minimum absolute atomic E-state index is 0.0401. The number of halogens is 1. The molecule has 1 aliphatic rings. The second-order valence-electron chi connectivity index (χ2n) is 8.05. The highest BCUT2D eigenvalue weighted by atomic mass is 32.1. The Bertz CT molecular complexity index is 963. The molecule has 3 aromatic rings. The van der Waals surface area contributed by atoms with Gasteiger partial charge in [0.2, 0.25) is 0 Å². The van der Waals surface area contributed by atoms with E-state index in [1.807, 2.05) is 12.1 Å². The first-order valence-corrected chi connectivity index (χ1v) is 11.1. The molecule has 3 atom stereocenters. The summed E-state index contributed by atoms with van der Waals surface area (Å²) in [6, 6.07) is 17.6. The molecule has 152 valence electrons. The van der Waals surface area contributed by atoms with Crippen LogP contribution in [0.5, 0.6) is 0 Å². The summed E-state index contributed by atoms with van der Waals surface area (Å²) >= 11 is 1.75. The Morgan fingerprint density at radius 1 is 1.07 bits per heavy atom. The molecule has 2 nitrogen and oxygen atoms in total. The van der Waals surface area contributed by atoms with Gasteiger partial charge >= 0.3 is 0 Å². The normalized spacial score (nSPS) is 22.0. The van der Waals surface area contributed by atoms with E-state index in [9.17, 15) is 9.50 Å². The maximum Gasteiger partial charge on any atom is 0.123 e. The van der Waals surface area contributed by atoms with E-state index in [1.54, 1.807) is 11.3 Å². The van der Waals surface area contributed by atoms with Crippen molar-refractivity contribution in [3.63, 3.8) is 0 Å². The summed E-state index contributed by atoms with van der Waals surface area (Å²) in [7, 11) is 0. The minimum Gasteiger partial charge on any atom is -0.394 e. The van der Waals surface area contributed by atoms with E-state index in [1.165, 1.54) is 33.7 Å². The molecule has 2 aromatic carbocycles. The van der Waals surface area contributed by atoms with Crippen molar-refractivity contribution in [2.24, 2.45) is 5.92 Å². The van der Waals surface area contributed by atoms with Gasteiger partial charge in [-0.1, -0.05) is 37.3 Å². The number of aliphatic hydroxyl groups excluding tert-OH is 1. The van der Waals surface area contributed by atoms with Crippen molar-refractivity contribution in [2.45, 2.75) is 45.3 Å². The summed E-state index contributed by atoms with van der Waals surface area (Å²) in [5.74, 6) is 0.237. The lowest BCUT2D eigenvalue weighted by Crippen LogP contribution is -2.30. The van der Waals surface area contributed by atoms with Gasteiger partial charge in [-0.15, -0.1) is 11.3 Å². The lowest BCUT2D eigenvalue weighted by atomic mass is 9.87. The van der Waals surface area contributed by atoms with Gasteiger partial charge in [0, 0.05) is 16.2 Å². The van der Waals surface area contributed by atoms with Gasteiger partial charge in [-0.05, 0) is 72.2 Å². The van der Waals surface area contributed by atoms with Crippen molar-refractivity contribution >= 4 is 11.3 Å². The molecule has 1 aliphatic heterocycles. The maximum atomic E-state index is 13.2. The molecule has 29 heavy (non-hydrogen) atoms. The van der Waals surface area contributed by atoms with E-state index in [0.717, 1.165) is 29.7 Å². The highest BCUT2D eigenvalue weighted by molar-refractivity contribution is 7.15. The first-order valence-electron chi connectivity index (χ1n) is 10.2. The van der Waals surface area contributed by atoms with Crippen molar-refractivity contribution in [3.05, 3.63) is 82.0 Å². The van der Waals surface area contributed by atoms with Crippen molar-refractivity contribution in [1.82, 2.24) is 0 Å². The van der Waals surface area contributed by atoms with Crippen LogP contribution in [0.2, 0.25) is 0 Å². The van der Waals surface area contributed by atoms with Crippen molar-refractivity contribution in [3.8, 4) is 10.4 Å². The fraction of sp³-hybridized carbons (Fsp3) is 0.360. The van der Waals surface area contributed by atoms with Crippen LogP contribution in [0, 0.1) is 18.7 Å². The highest BCUT2D eigenvalue weighted by Crippen LogP contribution is 2.37. The molecule has 3 unspecified atom stereocenters. The first kappa shape index (κ1) is 20.3. The van der Waals surface area contributed by atoms with Crippen LogP contribution in [0.4, 0.5) is 4.39 Å². The molecule has 1 fully saturated rings. The monoisotopic (exact) mass is 410 g/mol. The minimum atomic E-state index is -0.208. The molecule has 0 bridgehead atoms. The lowest BCUT2D eigenvalue weighted by Gasteiger charge is -2.34. The predicted octanol–water partition coefficient (Wildman–Crippen LogP) is 6.30. The van der Waals surface area contributed by atoms with Gasteiger partial charge in [0.15, 0.2) is 0 Å². The van der Waals surface area contributed by atoms with Crippen LogP contribution in [-0.4, -0.2) is 17.8 Å². The number of aliphatic hydroxyl groups is 1. The lowest BCUT2D eigenvalue weighted by molar-refractivity contribution is -0.0992. The molecule has 1 saturated heterocycles. The number of benzene rings is 2. The molecule has 0 spiro atoms. The molecule has 2 heterocycles. The highest BCUT2D eigenvalue weighted by Gasteiger charge is 2.29. The third kappa shape index (κ3) is 4.61. The molecule has 0 saturated carbocycles. The smallest absolute Gasteiger partial charge is 0.123 e. The Labute approximate surface area is 176 Å². The van der Waals surface area contributed by atoms with Crippen LogP contribution in [0.25, 0.3) is 10.4 Å². The summed E-state index contributed by atoms with van der Waals surface area (Å²) in [5, 5.41) is 9.50. The summed E-state index contributed by atoms with van der Waals surface area (Å²) in [6.07, 6.45) is 2.85. The molecule has 0 radical (unpaired) electrons. The van der Waals surface area contributed by atoms with Gasteiger partial charge in [0.05, 0.1) is 18.8 Å². The zero-order valence-corrected chi connectivity index (χ0v) is 17.7. The number of hydrogen-bond acceptors (Lipinski definition) is 3. The Morgan fingerprint density at radius 3 is 2.62 bits per heavy atom. The topological polar surface area (TPSA) is 29.5 Å². The Balaban J connectivity index is 1.55. The Kier molecular flexibility index (Phi) is 6.14. The van der Waals surface area contributed by atoms with E-state index in [2.05, 4.69) is 44.2 Å². The molecule has 1 N–H and O–H groups in total. The van der Waals surface area contributed by atoms with Crippen molar-refractivity contribution in [1.29, 1.82) is 0 Å². The van der Waals surface area contributed by atoms with Gasteiger partial charge in [0.25, 0.3) is 0 Å². The third-order valence-electron chi connectivity index (χ3n) is 5.86. The quantitative estimate of drug-likeness (QED) is 0.535. The number of hydrogen-bond donors (Lipinski definition) is 1. The van der Waals surface area contributed by atoms with Crippen LogP contribution in [-0.2, 0) is 11.2 Å². The largest absolute Gasteiger partial charge is 0.394 e. The summed E-state index contributed by atoms with van der Waals surface area (Å²) in [4.78, 5) is 2.44. The first-order chi connectivity index (χ1) is 14.0. The number of thiophene rings is 1. The summed E-state index contributed by atoms with van der Waals surface area (Å²) in [5.41, 5.74) is 4.82. The standard InChI is InChI=1S/C25H27FO2S/c1-16-3-5-19(25-17(2)4-10-22(15-27)28-25)13-20(16)14-23-11-12-24(29-23)18-6-8-21(26)9-7-18/h3,5-9,11-13,17,22,25,27H,4,10,14-15H2,1-2H3. The van der Waals surface area contributed by atoms with Crippen molar-refractivity contribution < 1.29 is 14.2 Å². The summed E-state index contributed by atoms with van der Waals surface area (Å²) in [6.45, 7) is 4.46. The number of aryl methyl sites for hydroxylation is 1. The fourth-order valence-corrected chi connectivity index (χ4v) is 5.08. The number of ether oxygens (including phenoxy) is 1. The Morgan fingerprint density at radius 2 is 1.86 bits per heavy atom. The van der Waals surface area contributed by atoms with E-state index < -0.39 is 0 Å². The van der Waals surface area contributed by atoms with E-state index in [4.69, 9.17) is 4.74 Å². The van der Waals surface area contributed by atoms with E-state index >= 15 is 0 Å². The fourth-order valence-electron chi connectivity index (χ4n) is 4.04. The maximum absolute atomic E-state index is 13.2. The molecular weight excluding hydrogens is 383 g/mol. The average Bonchev–Trinajstić information content (AvgIpc) is 3.19. The van der Waals surface area contributed by atoms with Crippen LogP contribution < -0.4 is 0 Å². The van der Waals surface area contributed by atoms with Gasteiger partial charge in [-0.3, -0.25) is 0 Å². The average molecular weight is 411 g/mol. The van der Waals surface area contributed by atoms with E-state index in [0.29, 0.717) is 5.92 Å². The SMILES string of the molecule is Cc1ccc(C2OC(CO)CCC2C)cc1Cc1ccc(-c2ccc(F)cc2)s1. The predicted molar refractivity (Wildman–Crippen MR) is 117 cm³/mol. The van der Waals surface area contributed by atoms with Gasteiger partial charge in [-0.25, -0.2) is 4.39 Å². The zero-order chi connectivity index (χ0) is 20.4. The van der Waals surface area contributed by atoms with Crippen LogP contribution in [0.3, 0.4) is 0 Å². The molecule has 4 rings (SSSR count).